The second kappa shape index (κ2) is 9.98. The topological polar surface area (TPSA) is 98.1 Å². The Morgan fingerprint density at radius 1 is 1.18 bits per heavy atom. The van der Waals surface area contributed by atoms with Crippen molar-refractivity contribution < 1.29 is 18.7 Å². The molecule has 7 nitrogen and oxygen atoms in total. The lowest BCUT2D eigenvalue weighted by Crippen LogP contribution is -2.12. The number of carbonyl (C=O) groups excluding carboxylic acids is 2. The number of benzene rings is 2. The van der Waals surface area contributed by atoms with Gasteiger partial charge in [-0.25, -0.2) is 4.79 Å². The van der Waals surface area contributed by atoms with Crippen LogP contribution in [0.4, 0.5) is 0 Å². The number of aryl methyl sites for hydroxylation is 1. The second-order valence-electron chi connectivity index (χ2n) is 7.12. The number of hydrogen-bond acceptors (Lipinski definition) is 6. The molecule has 0 N–H and O–H groups in total. The minimum atomic E-state index is -0.669. The highest BCUT2D eigenvalue weighted by molar-refractivity contribution is 6.30. The molecular weight excluding hydrogens is 442 g/mol. The molecule has 0 fully saturated rings. The molecule has 0 atom stereocenters. The molecule has 0 unspecified atom stereocenters. The summed E-state index contributed by atoms with van der Waals surface area (Å²) in [5.74, 6) is -0.462. The molecule has 0 radical (unpaired) electrons. The predicted octanol–water partition coefficient (Wildman–Crippen LogP) is 5.30. The highest BCUT2D eigenvalue weighted by Crippen LogP contribution is 2.29. The quantitative estimate of drug-likeness (QED) is 0.201. The van der Waals surface area contributed by atoms with Crippen molar-refractivity contribution in [2.45, 2.75) is 13.0 Å². The SMILES string of the molecule is N#CCCn1cc(C=CC(=O)OCC(=O)c2ccc(Cl)cc2)c(-c2cc3ccccc3o2)n1. The van der Waals surface area contributed by atoms with Gasteiger partial charge < -0.3 is 9.15 Å². The number of fused-ring (bicyclic) bond motifs is 1. The lowest BCUT2D eigenvalue weighted by atomic mass is 10.1. The Bertz CT molecular complexity index is 1340. The Kier molecular flexibility index (Phi) is 6.67. The van der Waals surface area contributed by atoms with Crippen LogP contribution in [0.5, 0.6) is 0 Å². The lowest BCUT2D eigenvalue weighted by molar-refractivity contribution is -0.136. The van der Waals surface area contributed by atoms with Gasteiger partial charge in [-0.3, -0.25) is 9.48 Å². The number of esters is 1. The Morgan fingerprint density at radius 3 is 2.73 bits per heavy atom. The standard InChI is InChI=1S/C25H18ClN3O4/c26-20-9-6-17(7-10-20)21(30)16-32-24(31)11-8-19-15-29(13-3-12-27)28-25(19)23-14-18-4-1-2-5-22(18)33-23/h1-2,4-11,14-15H,3,13,16H2. The maximum absolute atomic E-state index is 12.2. The smallest absolute Gasteiger partial charge is 0.331 e. The van der Waals surface area contributed by atoms with Gasteiger partial charge in [0.25, 0.3) is 0 Å². The molecule has 0 bridgehead atoms. The van der Waals surface area contributed by atoms with E-state index >= 15 is 0 Å². The van der Waals surface area contributed by atoms with Crippen LogP contribution in [0.3, 0.4) is 0 Å². The van der Waals surface area contributed by atoms with E-state index in [1.54, 1.807) is 41.2 Å². The maximum Gasteiger partial charge on any atom is 0.331 e. The first kappa shape index (κ1) is 22.1. The first-order chi connectivity index (χ1) is 16.0. The fourth-order valence-corrected chi connectivity index (χ4v) is 3.32. The highest BCUT2D eigenvalue weighted by atomic mass is 35.5. The van der Waals surface area contributed by atoms with E-state index < -0.39 is 5.97 Å². The number of ether oxygens (including phenoxy) is 1. The number of para-hydroxylation sites is 1. The predicted molar refractivity (Wildman–Crippen MR) is 123 cm³/mol. The van der Waals surface area contributed by atoms with Crippen LogP contribution in [0.25, 0.3) is 28.5 Å². The largest absolute Gasteiger partial charge is 0.454 e. The minimum Gasteiger partial charge on any atom is -0.454 e. The van der Waals surface area contributed by atoms with Gasteiger partial charge in [0.05, 0.1) is 19.0 Å². The number of aromatic nitrogens is 2. The summed E-state index contributed by atoms with van der Waals surface area (Å²) < 4.78 is 12.6. The number of ketones is 1. The normalized spacial score (nSPS) is 11.0. The van der Waals surface area contributed by atoms with Crippen molar-refractivity contribution in [1.29, 1.82) is 5.26 Å². The summed E-state index contributed by atoms with van der Waals surface area (Å²) in [6, 6.07) is 17.9. The number of furan rings is 1. The van der Waals surface area contributed by atoms with Crippen molar-refractivity contribution in [2.75, 3.05) is 6.61 Å². The van der Waals surface area contributed by atoms with Gasteiger partial charge in [0, 0.05) is 33.8 Å². The summed E-state index contributed by atoms with van der Waals surface area (Å²) in [6.45, 7) is 0.0142. The molecule has 0 spiro atoms. The summed E-state index contributed by atoms with van der Waals surface area (Å²) in [5.41, 5.74) is 2.27. The van der Waals surface area contributed by atoms with Crippen molar-refractivity contribution in [1.82, 2.24) is 9.78 Å². The molecule has 2 aromatic heterocycles. The van der Waals surface area contributed by atoms with Crippen molar-refractivity contribution in [2.24, 2.45) is 0 Å². The van der Waals surface area contributed by atoms with E-state index in [1.807, 2.05) is 30.3 Å². The number of nitriles is 1. The average molecular weight is 460 g/mol. The third kappa shape index (κ3) is 5.37. The molecule has 0 amide bonds. The van der Waals surface area contributed by atoms with E-state index in [4.69, 9.17) is 26.0 Å². The number of hydrogen-bond donors (Lipinski definition) is 0. The van der Waals surface area contributed by atoms with Gasteiger partial charge in [0.1, 0.15) is 11.3 Å². The van der Waals surface area contributed by atoms with Gasteiger partial charge in [0.2, 0.25) is 0 Å². The zero-order chi connectivity index (χ0) is 23.2. The Morgan fingerprint density at radius 2 is 1.97 bits per heavy atom. The summed E-state index contributed by atoms with van der Waals surface area (Å²) in [7, 11) is 0. The van der Waals surface area contributed by atoms with Crippen LogP contribution in [0.15, 0.2) is 71.3 Å². The minimum absolute atomic E-state index is 0.291. The molecule has 33 heavy (non-hydrogen) atoms. The molecule has 2 aromatic carbocycles. The summed E-state index contributed by atoms with van der Waals surface area (Å²) in [5, 5.41) is 14.8. The van der Waals surface area contributed by atoms with Crippen LogP contribution < -0.4 is 0 Å². The number of carbonyl (C=O) groups is 2. The van der Waals surface area contributed by atoms with Gasteiger partial charge in [-0.15, -0.1) is 0 Å². The second-order valence-corrected chi connectivity index (χ2v) is 7.56. The fraction of sp³-hybridized carbons (Fsp3) is 0.120. The van der Waals surface area contributed by atoms with E-state index in [9.17, 15) is 9.59 Å². The van der Waals surface area contributed by atoms with E-state index in [0.29, 0.717) is 46.2 Å². The van der Waals surface area contributed by atoms with E-state index in [0.717, 1.165) is 5.39 Å². The Labute approximate surface area is 194 Å². The first-order valence-corrected chi connectivity index (χ1v) is 10.5. The number of nitrogens with zero attached hydrogens (tertiary/aromatic N) is 3. The number of Topliss-reactive ketones (excluding diaryl/α,β-unsaturated/α-hetero) is 1. The molecule has 4 aromatic rings. The third-order valence-electron chi connectivity index (χ3n) is 4.81. The number of halogens is 1. The van der Waals surface area contributed by atoms with Gasteiger partial charge in [-0.05, 0) is 42.5 Å². The van der Waals surface area contributed by atoms with Crippen molar-refractivity contribution in [3.8, 4) is 17.5 Å². The van der Waals surface area contributed by atoms with Gasteiger partial charge in [0.15, 0.2) is 18.2 Å². The summed E-state index contributed by atoms with van der Waals surface area (Å²) >= 11 is 5.82. The molecule has 2 heterocycles. The van der Waals surface area contributed by atoms with Crippen LogP contribution in [0, 0.1) is 11.3 Å². The summed E-state index contributed by atoms with van der Waals surface area (Å²) in [6.07, 6.45) is 4.79. The molecule has 0 aliphatic rings. The first-order valence-electron chi connectivity index (χ1n) is 10.1. The molecule has 164 valence electrons. The maximum atomic E-state index is 12.2. The van der Waals surface area contributed by atoms with Gasteiger partial charge in [-0.2, -0.15) is 10.4 Å². The van der Waals surface area contributed by atoms with E-state index in [2.05, 4.69) is 11.2 Å². The van der Waals surface area contributed by atoms with Crippen LogP contribution in [-0.4, -0.2) is 28.1 Å². The van der Waals surface area contributed by atoms with Gasteiger partial charge >= 0.3 is 5.97 Å². The lowest BCUT2D eigenvalue weighted by Gasteiger charge is -2.02. The van der Waals surface area contributed by atoms with Crippen molar-refractivity contribution in [3.63, 3.8) is 0 Å². The Hall–Kier alpha value is -4.15. The highest BCUT2D eigenvalue weighted by Gasteiger charge is 2.15. The van der Waals surface area contributed by atoms with Crippen molar-refractivity contribution in [3.05, 3.63) is 83.0 Å². The fourth-order valence-electron chi connectivity index (χ4n) is 3.19. The molecule has 0 saturated carbocycles. The molecule has 0 aliphatic heterocycles. The molecule has 0 aliphatic carbocycles. The molecule has 8 heteroatoms. The third-order valence-corrected chi connectivity index (χ3v) is 5.06. The van der Waals surface area contributed by atoms with Gasteiger partial charge in [-0.1, -0.05) is 29.8 Å². The van der Waals surface area contributed by atoms with Crippen LogP contribution in [0.2, 0.25) is 5.02 Å². The zero-order valence-corrected chi connectivity index (χ0v) is 18.2. The van der Waals surface area contributed by atoms with E-state index in [-0.39, 0.29) is 12.4 Å². The zero-order valence-electron chi connectivity index (χ0n) is 17.4. The molecular formula is C25H18ClN3O4. The van der Waals surface area contributed by atoms with Crippen LogP contribution in [-0.2, 0) is 16.1 Å². The average Bonchev–Trinajstić information content (AvgIpc) is 3.44. The van der Waals surface area contributed by atoms with Crippen molar-refractivity contribution >= 4 is 40.4 Å². The van der Waals surface area contributed by atoms with Crippen LogP contribution >= 0.6 is 11.6 Å². The van der Waals surface area contributed by atoms with E-state index in [1.165, 1.54) is 6.08 Å². The summed E-state index contributed by atoms with van der Waals surface area (Å²) in [4.78, 5) is 24.4. The molecule has 0 saturated heterocycles. The van der Waals surface area contributed by atoms with Crippen LogP contribution in [0.1, 0.15) is 22.3 Å². The number of rotatable bonds is 8. The molecule has 4 rings (SSSR count). The monoisotopic (exact) mass is 459 g/mol. The Balaban J connectivity index is 1.50.